The Morgan fingerprint density at radius 2 is 2.03 bits per heavy atom. The molecular weight excluding hydrogens is 464 g/mol. The Kier molecular flexibility index (Phi) is 6.94. The molecule has 0 saturated carbocycles. The van der Waals surface area contributed by atoms with Crippen LogP contribution in [0.2, 0.25) is 0 Å². The van der Waals surface area contributed by atoms with E-state index >= 15 is 0 Å². The highest BCUT2D eigenvalue weighted by Gasteiger charge is 2.31. The Balaban J connectivity index is 1.32. The lowest BCUT2D eigenvalue weighted by molar-refractivity contribution is -0.129. The maximum Gasteiger partial charge on any atom is 0.233 e. The first-order valence-electron chi connectivity index (χ1n) is 11.7. The number of aromatic nitrogens is 3. The Morgan fingerprint density at radius 3 is 2.86 bits per heavy atom. The monoisotopic (exact) mass is 492 g/mol. The fraction of sp³-hybridized carbons (Fsp3) is 0.346. The molecule has 0 aliphatic carbocycles. The summed E-state index contributed by atoms with van der Waals surface area (Å²) in [4.78, 5) is 15.3. The minimum atomic E-state index is 0.0362. The molecule has 1 atom stereocenters. The highest BCUT2D eigenvalue weighted by molar-refractivity contribution is 7.99. The van der Waals surface area contributed by atoms with Crippen molar-refractivity contribution in [2.24, 2.45) is 0 Å². The van der Waals surface area contributed by atoms with Gasteiger partial charge in [0, 0.05) is 13.1 Å². The summed E-state index contributed by atoms with van der Waals surface area (Å²) in [6.45, 7) is 6.25. The first kappa shape index (κ1) is 23.3. The second-order valence-corrected chi connectivity index (χ2v) is 9.29. The first-order valence-corrected chi connectivity index (χ1v) is 12.7. The van der Waals surface area contributed by atoms with Crippen molar-refractivity contribution in [1.29, 1.82) is 0 Å². The lowest BCUT2D eigenvalue weighted by Crippen LogP contribution is -2.32. The second-order valence-electron chi connectivity index (χ2n) is 8.34. The predicted octanol–water partition coefficient (Wildman–Crippen LogP) is 4.37. The fourth-order valence-corrected chi connectivity index (χ4v) is 5.44. The van der Waals surface area contributed by atoms with Crippen LogP contribution in [0, 0.1) is 0 Å². The Hall–Kier alpha value is -3.46. The Bertz CT molecular complexity index is 1230. The van der Waals surface area contributed by atoms with Gasteiger partial charge in [-0.25, -0.2) is 0 Å². The van der Waals surface area contributed by atoms with E-state index in [1.807, 2.05) is 51.9 Å². The van der Waals surface area contributed by atoms with E-state index in [1.165, 1.54) is 11.8 Å². The molecule has 2 aliphatic heterocycles. The standard InChI is InChI=1S/C26H28N4O4S/c1-3-12-30-25(19-7-4-5-9-21(19)32-2)27-28-26(30)35-17-24(31)29-13-6-8-20(29)18-10-11-22-23(16-18)34-15-14-33-22/h3-5,7,9-11,16,20H,1,6,8,12-15,17H2,2H3. The number of ether oxygens (including phenoxy) is 3. The molecule has 0 radical (unpaired) electrons. The van der Waals surface area contributed by atoms with Gasteiger partial charge in [0.25, 0.3) is 0 Å². The van der Waals surface area contributed by atoms with Crippen molar-refractivity contribution in [3.63, 3.8) is 0 Å². The van der Waals surface area contributed by atoms with Gasteiger partial charge in [-0.1, -0.05) is 36.0 Å². The van der Waals surface area contributed by atoms with Crippen LogP contribution in [0.15, 0.2) is 60.3 Å². The van der Waals surface area contributed by atoms with Gasteiger partial charge >= 0.3 is 0 Å². The van der Waals surface area contributed by atoms with Gasteiger partial charge in [0.1, 0.15) is 19.0 Å². The van der Waals surface area contributed by atoms with Crippen LogP contribution in [0.5, 0.6) is 17.2 Å². The number of nitrogens with zero attached hydrogens (tertiary/aromatic N) is 4. The number of carbonyl (C=O) groups is 1. The molecule has 0 N–H and O–H groups in total. The molecule has 35 heavy (non-hydrogen) atoms. The molecule has 1 aromatic heterocycles. The molecule has 1 amide bonds. The first-order chi connectivity index (χ1) is 17.2. The summed E-state index contributed by atoms with van der Waals surface area (Å²) in [6.07, 6.45) is 3.70. The van der Waals surface area contributed by atoms with E-state index in [2.05, 4.69) is 16.8 Å². The van der Waals surface area contributed by atoms with Gasteiger partial charge in [0.2, 0.25) is 5.91 Å². The molecule has 2 aromatic carbocycles. The number of rotatable bonds is 8. The minimum Gasteiger partial charge on any atom is -0.496 e. The topological polar surface area (TPSA) is 78.7 Å². The third-order valence-electron chi connectivity index (χ3n) is 6.23. The van der Waals surface area contributed by atoms with E-state index in [0.29, 0.717) is 30.7 Å². The number of hydrogen-bond acceptors (Lipinski definition) is 7. The number of methoxy groups -OCH3 is 1. The Labute approximate surface area is 208 Å². The van der Waals surface area contributed by atoms with E-state index in [0.717, 1.165) is 47.8 Å². The van der Waals surface area contributed by atoms with E-state index < -0.39 is 0 Å². The SMILES string of the molecule is C=CCn1c(SCC(=O)N2CCCC2c2ccc3c(c2)OCCO3)nnc1-c1ccccc1OC. The van der Waals surface area contributed by atoms with Crippen LogP contribution >= 0.6 is 11.8 Å². The molecule has 0 bridgehead atoms. The van der Waals surface area contributed by atoms with Crippen molar-refractivity contribution in [3.05, 3.63) is 60.7 Å². The molecule has 9 heteroatoms. The van der Waals surface area contributed by atoms with Gasteiger partial charge in [0.05, 0.1) is 24.5 Å². The lowest BCUT2D eigenvalue weighted by atomic mass is 10.0. The number of hydrogen-bond donors (Lipinski definition) is 0. The number of benzene rings is 2. The molecule has 8 nitrogen and oxygen atoms in total. The molecule has 182 valence electrons. The van der Waals surface area contributed by atoms with Gasteiger partial charge < -0.3 is 19.1 Å². The number of allylic oxidation sites excluding steroid dienone is 1. The largest absolute Gasteiger partial charge is 0.496 e. The van der Waals surface area contributed by atoms with Gasteiger partial charge in [-0.2, -0.15) is 0 Å². The average molecular weight is 493 g/mol. The summed E-state index contributed by atoms with van der Waals surface area (Å²) in [6, 6.07) is 13.7. The molecule has 1 saturated heterocycles. The minimum absolute atomic E-state index is 0.0362. The predicted molar refractivity (Wildman–Crippen MR) is 134 cm³/mol. The summed E-state index contributed by atoms with van der Waals surface area (Å²) < 4.78 is 18.9. The molecule has 1 fully saturated rings. The zero-order chi connectivity index (χ0) is 24.2. The van der Waals surface area contributed by atoms with Crippen LogP contribution in [0.3, 0.4) is 0 Å². The Morgan fingerprint density at radius 1 is 1.20 bits per heavy atom. The van der Waals surface area contributed by atoms with Crippen molar-refractivity contribution in [2.45, 2.75) is 30.6 Å². The molecule has 2 aliphatic rings. The summed E-state index contributed by atoms with van der Waals surface area (Å²) in [7, 11) is 1.63. The van der Waals surface area contributed by atoms with Crippen LogP contribution in [0.1, 0.15) is 24.4 Å². The van der Waals surface area contributed by atoms with Crippen molar-refractivity contribution >= 4 is 17.7 Å². The average Bonchev–Trinajstić information content (AvgIpc) is 3.55. The van der Waals surface area contributed by atoms with Crippen LogP contribution in [0.4, 0.5) is 0 Å². The number of amides is 1. The smallest absolute Gasteiger partial charge is 0.233 e. The maximum atomic E-state index is 13.3. The van der Waals surface area contributed by atoms with E-state index in [-0.39, 0.29) is 17.7 Å². The van der Waals surface area contributed by atoms with Crippen LogP contribution in [0.25, 0.3) is 11.4 Å². The molecule has 3 heterocycles. The van der Waals surface area contributed by atoms with Gasteiger partial charge in [-0.05, 0) is 42.7 Å². The van der Waals surface area contributed by atoms with Crippen LogP contribution < -0.4 is 14.2 Å². The number of thioether (sulfide) groups is 1. The third kappa shape index (κ3) is 4.73. The quantitative estimate of drug-likeness (QED) is 0.341. The fourth-order valence-electron chi connectivity index (χ4n) is 4.61. The zero-order valence-electron chi connectivity index (χ0n) is 19.7. The molecule has 0 spiro atoms. The summed E-state index contributed by atoms with van der Waals surface area (Å²) >= 11 is 1.40. The molecule has 3 aromatic rings. The highest BCUT2D eigenvalue weighted by Crippen LogP contribution is 2.38. The number of likely N-dealkylation sites (tertiary alicyclic amines) is 1. The van der Waals surface area contributed by atoms with Gasteiger partial charge in [-0.15, -0.1) is 16.8 Å². The number of carbonyl (C=O) groups excluding carboxylic acids is 1. The summed E-state index contributed by atoms with van der Waals surface area (Å²) in [5.74, 6) is 3.29. The van der Waals surface area contributed by atoms with E-state index in [1.54, 1.807) is 13.2 Å². The zero-order valence-corrected chi connectivity index (χ0v) is 20.5. The summed E-state index contributed by atoms with van der Waals surface area (Å²) in [5.41, 5.74) is 1.93. The van der Waals surface area contributed by atoms with Crippen molar-refractivity contribution in [2.75, 3.05) is 32.6 Å². The second kappa shape index (κ2) is 10.4. The number of para-hydroxylation sites is 1. The van der Waals surface area contributed by atoms with Gasteiger partial charge in [-0.3, -0.25) is 9.36 Å². The normalized spacial score (nSPS) is 16.8. The van der Waals surface area contributed by atoms with E-state index in [4.69, 9.17) is 14.2 Å². The highest BCUT2D eigenvalue weighted by atomic mass is 32.2. The molecule has 1 unspecified atom stereocenters. The van der Waals surface area contributed by atoms with Gasteiger partial charge in [0.15, 0.2) is 22.5 Å². The number of fused-ring (bicyclic) bond motifs is 1. The molecular formula is C26H28N4O4S. The van der Waals surface area contributed by atoms with Crippen molar-refractivity contribution < 1.29 is 19.0 Å². The lowest BCUT2D eigenvalue weighted by Gasteiger charge is -2.26. The van der Waals surface area contributed by atoms with Crippen LogP contribution in [-0.2, 0) is 11.3 Å². The van der Waals surface area contributed by atoms with Crippen molar-refractivity contribution in [1.82, 2.24) is 19.7 Å². The van der Waals surface area contributed by atoms with Crippen LogP contribution in [-0.4, -0.2) is 58.2 Å². The van der Waals surface area contributed by atoms with Crippen molar-refractivity contribution in [3.8, 4) is 28.6 Å². The summed E-state index contributed by atoms with van der Waals surface area (Å²) in [5, 5.41) is 9.46. The van der Waals surface area contributed by atoms with E-state index in [9.17, 15) is 4.79 Å². The maximum absolute atomic E-state index is 13.3. The molecule has 5 rings (SSSR count). The third-order valence-corrected chi connectivity index (χ3v) is 7.18.